The Hall–Kier alpha value is -3.08. The number of fused-ring (bicyclic) bond motifs is 1. The van der Waals surface area contributed by atoms with Crippen molar-refractivity contribution in [2.75, 3.05) is 0 Å². The summed E-state index contributed by atoms with van der Waals surface area (Å²) in [6.07, 6.45) is 5.49. The maximum atomic E-state index is 12.6. The average molecular weight is 434 g/mol. The van der Waals surface area contributed by atoms with Gasteiger partial charge in [-0.2, -0.15) is 0 Å². The van der Waals surface area contributed by atoms with Crippen LogP contribution in [0.15, 0.2) is 57.7 Å². The summed E-state index contributed by atoms with van der Waals surface area (Å²) in [5.74, 6) is 1.08. The minimum Gasteiger partial charge on any atom is -0.481 e. The molecule has 1 fully saturated rings. The van der Waals surface area contributed by atoms with E-state index in [4.69, 9.17) is 9.15 Å². The van der Waals surface area contributed by atoms with Crippen molar-refractivity contribution in [1.82, 2.24) is 5.32 Å². The summed E-state index contributed by atoms with van der Waals surface area (Å²) in [7, 11) is 0. The summed E-state index contributed by atoms with van der Waals surface area (Å²) in [6.45, 7) is 5.81. The SMILES string of the molecule is Cc1ccccc1-c1cc(=O)oc2cc(O[C@H](C)C(=O)NC(C)CC3CCCC3)ccc12. The number of amides is 1. The Morgan fingerprint density at radius 3 is 2.59 bits per heavy atom. The average Bonchev–Trinajstić information content (AvgIpc) is 3.26. The molecule has 32 heavy (non-hydrogen) atoms. The summed E-state index contributed by atoms with van der Waals surface area (Å²) in [6, 6.07) is 15.0. The van der Waals surface area contributed by atoms with Crippen LogP contribution >= 0.6 is 0 Å². The Kier molecular flexibility index (Phi) is 6.63. The third-order valence-corrected chi connectivity index (χ3v) is 6.38. The van der Waals surface area contributed by atoms with Gasteiger partial charge < -0.3 is 14.5 Å². The standard InChI is InChI=1S/C27H31NO4/c1-17-8-4-7-11-22(17)24-16-26(29)32-25-15-21(12-13-23(24)25)31-19(3)27(30)28-18(2)14-20-9-5-6-10-20/h4,7-8,11-13,15-16,18-20H,5-6,9-10,14H2,1-3H3,(H,28,30)/t18?,19-/m1/s1. The molecule has 0 radical (unpaired) electrons. The number of benzene rings is 2. The van der Waals surface area contributed by atoms with Crippen molar-refractivity contribution >= 4 is 16.9 Å². The first-order valence-electron chi connectivity index (χ1n) is 11.5. The molecule has 0 spiro atoms. The molecular formula is C27H31NO4. The second-order valence-corrected chi connectivity index (χ2v) is 9.01. The van der Waals surface area contributed by atoms with E-state index >= 15 is 0 Å². The molecular weight excluding hydrogens is 402 g/mol. The van der Waals surface area contributed by atoms with Crippen LogP contribution in [0.25, 0.3) is 22.1 Å². The molecule has 3 aromatic rings. The third-order valence-electron chi connectivity index (χ3n) is 6.38. The van der Waals surface area contributed by atoms with Crippen LogP contribution in [0.5, 0.6) is 5.75 Å². The van der Waals surface area contributed by atoms with E-state index in [0.717, 1.165) is 28.5 Å². The van der Waals surface area contributed by atoms with Crippen molar-refractivity contribution in [3.63, 3.8) is 0 Å². The number of aryl methyl sites for hydroxylation is 1. The van der Waals surface area contributed by atoms with Gasteiger partial charge in [0.15, 0.2) is 6.10 Å². The maximum Gasteiger partial charge on any atom is 0.336 e. The Morgan fingerprint density at radius 2 is 1.84 bits per heavy atom. The van der Waals surface area contributed by atoms with Crippen molar-refractivity contribution in [1.29, 1.82) is 0 Å². The van der Waals surface area contributed by atoms with E-state index in [0.29, 0.717) is 17.3 Å². The van der Waals surface area contributed by atoms with E-state index in [-0.39, 0.29) is 11.9 Å². The topological polar surface area (TPSA) is 68.5 Å². The highest BCUT2D eigenvalue weighted by atomic mass is 16.5. The normalized spacial score (nSPS) is 16.1. The van der Waals surface area contributed by atoms with Crippen molar-refractivity contribution in [3.05, 3.63) is 64.5 Å². The smallest absolute Gasteiger partial charge is 0.336 e. The maximum absolute atomic E-state index is 12.6. The van der Waals surface area contributed by atoms with Crippen LogP contribution in [-0.2, 0) is 4.79 Å². The first-order valence-corrected chi connectivity index (χ1v) is 11.5. The van der Waals surface area contributed by atoms with Gasteiger partial charge in [0.1, 0.15) is 11.3 Å². The third kappa shape index (κ3) is 5.04. The van der Waals surface area contributed by atoms with E-state index in [1.165, 1.54) is 31.7 Å². The molecule has 168 valence electrons. The predicted octanol–water partition coefficient (Wildman–Crippen LogP) is 5.62. The van der Waals surface area contributed by atoms with Crippen molar-refractivity contribution in [2.24, 2.45) is 5.92 Å². The number of carbonyl (C=O) groups is 1. The Balaban J connectivity index is 1.49. The minimum atomic E-state index is -0.648. The monoisotopic (exact) mass is 433 g/mol. The lowest BCUT2D eigenvalue weighted by Gasteiger charge is -2.21. The summed E-state index contributed by atoms with van der Waals surface area (Å²) in [4.78, 5) is 24.8. The molecule has 0 bridgehead atoms. The number of nitrogens with one attached hydrogen (secondary N) is 1. The molecule has 1 heterocycles. The lowest BCUT2D eigenvalue weighted by Crippen LogP contribution is -2.41. The fourth-order valence-corrected chi connectivity index (χ4v) is 4.74. The van der Waals surface area contributed by atoms with E-state index < -0.39 is 11.7 Å². The van der Waals surface area contributed by atoms with Gasteiger partial charge in [-0.25, -0.2) is 4.79 Å². The van der Waals surface area contributed by atoms with Crippen LogP contribution in [-0.4, -0.2) is 18.1 Å². The minimum absolute atomic E-state index is 0.128. The molecule has 1 N–H and O–H groups in total. The summed E-state index contributed by atoms with van der Waals surface area (Å²) >= 11 is 0. The molecule has 5 nitrogen and oxygen atoms in total. The number of ether oxygens (including phenoxy) is 1. The molecule has 0 saturated heterocycles. The number of carbonyl (C=O) groups excluding carboxylic acids is 1. The van der Waals surface area contributed by atoms with E-state index in [9.17, 15) is 9.59 Å². The van der Waals surface area contributed by atoms with Gasteiger partial charge in [0.25, 0.3) is 5.91 Å². The highest BCUT2D eigenvalue weighted by Gasteiger charge is 2.22. The molecule has 2 aromatic carbocycles. The van der Waals surface area contributed by atoms with Crippen molar-refractivity contribution in [2.45, 2.75) is 65.0 Å². The highest BCUT2D eigenvalue weighted by molar-refractivity contribution is 5.94. The lowest BCUT2D eigenvalue weighted by atomic mass is 9.98. The molecule has 1 saturated carbocycles. The molecule has 5 heteroatoms. The molecule has 1 amide bonds. The molecule has 1 aliphatic rings. The first kappa shape index (κ1) is 22.1. The predicted molar refractivity (Wildman–Crippen MR) is 127 cm³/mol. The molecule has 0 aliphatic heterocycles. The van der Waals surface area contributed by atoms with Crippen LogP contribution in [0.4, 0.5) is 0 Å². The highest BCUT2D eigenvalue weighted by Crippen LogP contribution is 2.32. The zero-order valence-electron chi connectivity index (χ0n) is 19.0. The van der Waals surface area contributed by atoms with Gasteiger partial charge in [0, 0.05) is 29.1 Å². The lowest BCUT2D eigenvalue weighted by molar-refractivity contribution is -0.128. The van der Waals surface area contributed by atoms with E-state index in [1.54, 1.807) is 13.0 Å². The second kappa shape index (κ2) is 9.60. The largest absolute Gasteiger partial charge is 0.481 e. The van der Waals surface area contributed by atoms with Gasteiger partial charge in [-0.3, -0.25) is 4.79 Å². The van der Waals surface area contributed by atoms with Crippen LogP contribution < -0.4 is 15.7 Å². The van der Waals surface area contributed by atoms with Crippen LogP contribution in [0.1, 0.15) is 51.5 Å². The summed E-state index contributed by atoms with van der Waals surface area (Å²) < 4.78 is 11.3. The van der Waals surface area contributed by atoms with Crippen LogP contribution in [0.2, 0.25) is 0 Å². The Morgan fingerprint density at radius 1 is 1.09 bits per heavy atom. The van der Waals surface area contributed by atoms with Crippen molar-refractivity contribution < 1.29 is 13.9 Å². The number of hydrogen-bond acceptors (Lipinski definition) is 4. The molecule has 1 aromatic heterocycles. The van der Waals surface area contributed by atoms with Crippen LogP contribution in [0, 0.1) is 12.8 Å². The zero-order valence-corrected chi connectivity index (χ0v) is 19.0. The summed E-state index contributed by atoms with van der Waals surface area (Å²) in [5.41, 5.74) is 2.92. The zero-order chi connectivity index (χ0) is 22.7. The van der Waals surface area contributed by atoms with E-state index in [1.807, 2.05) is 43.3 Å². The van der Waals surface area contributed by atoms with Gasteiger partial charge in [-0.1, -0.05) is 49.9 Å². The molecule has 1 aliphatic carbocycles. The van der Waals surface area contributed by atoms with Gasteiger partial charge in [-0.15, -0.1) is 0 Å². The fraction of sp³-hybridized carbons (Fsp3) is 0.407. The first-order chi connectivity index (χ1) is 15.4. The summed E-state index contributed by atoms with van der Waals surface area (Å²) in [5, 5.41) is 3.90. The molecule has 4 rings (SSSR count). The van der Waals surface area contributed by atoms with Gasteiger partial charge in [0.2, 0.25) is 0 Å². The van der Waals surface area contributed by atoms with Gasteiger partial charge >= 0.3 is 5.63 Å². The molecule has 2 atom stereocenters. The van der Waals surface area contributed by atoms with Crippen LogP contribution in [0.3, 0.4) is 0 Å². The van der Waals surface area contributed by atoms with Gasteiger partial charge in [0.05, 0.1) is 0 Å². The number of hydrogen-bond donors (Lipinski definition) is 1. The Bertz CT molecular complexity index is 1160. The molecule has 1 unspecified atom stereocenters. The van der Waals surface area contributed by atoms with Crippen molar-refractivity contribution in [3.8, 4) is 16.9 Å². The Labute approximate surface area is 188 Å². The fourth-order valence-electron chi connectivity index (χ4n) is 4.74. The number of rotatable bonds is 7. The quantitative estimate of drug-likeness (QED) is 0.491. The van der Waals surface area contributed by atoms with Gasteiger partial charge in [-0.05, 0) is 56.4 Å². The second-order valence-electron chi connectivity index (χ2n) is 9.01. The van der Waals surface area contributed by atoms with E-state index in [2.05, 4.69) is 12.2 Å².